The molecule has 80 valence electrons. The van der Waals surface area contributed by atoms with E-state index in [2.05, 4.69) is 4.98 Å². The van der Waals surface area contributed by atoms with Gasteiger partial charge in [0.15, 0.2) is 0 Å². The van der Waals surface area contributed by atoms with Crippen LogP contribution in [0.25, 0.3) is 0 Å². The Morgan fingerprint density at radius 2 is 2.47 bits per heavy atom. The zero-order valence-electron chi connectivity index (χ0n) is 8.06. The molecule has 0 aromatic carbocycles. The van der Waals surface area contributed by atoms with Crippen molar-refractivity contribution in [3.63, 3.8) is 0 Å². The van der Waals surface area contributed by atoms with Crippen LogP contribution in [0.2, 0.25) is 0 Å². The molecule has 2 heterocycles. The predicted molar refractivity (Wildman–Crippen MR) is 52.2 cm³/mol. The fraction of sp³-hybridized carbons (Fsp3) is 0.400. The predicted octanol–water partition coefficient (Wildman–Crippen LogP) is 1.13. The van der Waals surface area contributed by atoms with Crippen LogP contribution in [-0.4, -0.2) is 29.1 Å². The van der Waals surface area contributed by atoms with Gasteiger partial charge in [-0.15, -0.1) is 0 Å². The summed E-state index contributed by atoms with van der Waals surface area (Å²) in [5.41, 5.74) is 0.700. The highest BCUT2D eigenvalue weighted by Crippen LogP contribution is 2.23. The van der Waals surface area contributed by atoms with Gasteiger partial charge < -0.3 is 10.0 Å². The van der Waals surface area contributed by atoms with E-state index in [9.17, 15) is 9.18 Å². The molecule has 1 saturated heterocycles. The highest BCUT2D eigenvalue weighted by Gasteiger charge is 2.28. The number of carboxylic acid groups (broad SMARTS) is 1. The molecular formula is C10H11FN2O2. The number of hydrogen-bond acceptors (Lipinski definition) is 3. The number of carboxylic acids is 1. The Bertz CT molecular complexity index is 383. The highest BCUT2D eigenvalue weighted by atomic mass is 19.1. The van der Waals surface area contributed by atoms with Gasteiger partial charge in [-0.25, -0.2) is 4.98 Å². The summed E-state index contributed by atoms with van der Waals surface area (Å²) in [7, 11) is 0. The Hall–Kier alpha value is -1.65. The molecule has 1 aromatic rings. The van der Waals surface area contributed by atoms with Crippen molar-refractivity contribution in [3.05, 3.63) is 24.3 Å². The topological polar surface area (TPSA) is 53.4 Å². The van der Waals surface area contributed by atoms with Crippen molar-refractivity contribution in [2.75, 3.05) is 18.0 Å². The minimum absolute atomic E-state index is 0.346. The van der Waals surface area contributed by atoms with Crippen LogP contribution in [-0.2, 0) is 4.79 Å². The molecule has 5 heteroatoms. The van der Waals surface area contributed by atoms with Gasteiger partial charge in [0.1, 0.15) is 0 Å². The third-order valence-corrected chi connectivity index (χ3v) is 2.61. The number of pyridine rings is 1. The first kappa shape index (κ1) is 9.89. The van der Waals surface area contributed by atoms with Crippen LogP contribution < -0.4 is 4.90 Å². The Morgan fingerprint density at radius 3 is 3.07 bits per heavy atom. The lowest BCUT2D eigenvalue weighted by molar-refractivity contribution is -0.140. The summed E-state index contributed by atoms with van der Waals surface area (Å²) in [5, 5.41) is 8.82. The van der Waals surface area contributed by atoms with Crippen molar-refractivity contribution in [1.82, 2.24) is 4.98 Å². The first-order valence-corrected chi connectivity index (χ1v) is 4.76. The molecule has 0 spiro atoms. The van der Waals surface area contributed by atoms with Gasteiger partial charge in [0.2, 0.25) is 5.95 Å². The third kappa shape index (κ3) is 2.06. The van der Waals surface area contributed by atoms with E-state index in [4.69, 9.17) is 5.11 Å². The summed E-state index contributed by atoms with van der Waals surface area (Å²) in [4.78, 5) is 16.1. The molecule has 1 aliphatic heterocycles. The van der Waals surface area contributed by atoms with Gasteiger partial charge in [-0.1, -0.05) is 0 Å². The van der Waals surface area contributed by atoms with Gasteiger partial charge in [0.25, 0.3) is 0 Å². The van der Waals surface area contributed by atoms with Crippen LogP contribution in [0, 0.1) is 11.9 Å². The Morgan fingerprint density at radius 1 is 1.67 bits per heavy atom. The van der Waals surface area contributed by atoms with Gasteiger partial charge >= 0.3 is 5.97 Å². The van der Waals surface area contributed by atoms with E-state index in [-0.39, 0.29) is 5.92 Å². The van der Waals surface area contributed by atoms with Crippen molar-refractivity contribution >= 4 is 11.7 Å². The van der Waals surface area contributed by atoms with Crippen LogP contribution >= 0.6 is 0 Å². The van der Waals surface area contributed by atoms with E-state index in [1.807, 2.05) is 4.90 Å². The van der Waals surface area contributed by atoms with Gasteiger partial charge in [-0.2, -0.15) is 4.39 Å². The summed E-state index contributed by atoms with van der Waals surface area (Å²) < 4.78 is 12.8. The van der Waals surface area contributed by atoms with Crippen molar-refractivity contribution in [2.24, 2.45) is 5.92 Å². The lowest BCUT2D eigenvalue weighted by Crippen LogP contribution is -2.22. The van der Waals surface area contributed by atoms with E-state index in [1.54, 1.807) is 6.07 Å². The molecular weight excluding hydrogens is 199 g/mol. The maximum Gasteiger partial charge on any atom is 0.308 e. The number of anilines is 1. The van der Waals surface area contributed by atoms with Gasteiger partial charge in [0.05, 0.1) is 5.92 Å². The fourth-order valence-electron chi connectivity index (χ4n) is 1.79. The summed E-state index contributed by atoms with van der Waals surface area (Å²) >= 11 is 0. The lowest BCUT2D eigenvalue weighted by atomic mass is 10.1. The summed E-state index contributed by atoms with van der Waals surface area (Å²) in [5.74, 6) is -1.67. The first-order chi connectivity index (χ1) is 7.16. The Kier molecular flexibility index (Phi) is 2.53. The van der Waals surface area contributed by atoms with Crippen molar-refractivity contribution < 1.29 is 14.3 Å². The van der Waals surface area contributed by atoms with Crippen LogP contribution in [0.15, 0.2) is 18.3 Å². The SMILES string of the molecule is O=C(O)[C@H]1CCN(c2ccnc(F)c2)C1. The van der Waals surface area contributed by atoms with Gasteiger partial charge in [0, 0.05) is 31.0 Å². The minimum Gasteiger partial charge on any atom is -0.481 e. The molecule has 0 unspecified atom stereocenters. The highest BCUT2D eigenvalue weighted by molar-refractivity contribution is 5.72. The second-order valence-corrected chi connectivity index (χ2v) is 3.61. The largest absolute Gasteiger partial charge is 0.481 e. The summed E-state index contributed by atoms with van der Waals surface area (Å²) in [6, 6.07) is 3.01. The molecule has 0 aliphatic carbocycles. The van der Waals surface area contributed by atoms with Crippen molar-refractivity contribution in [3.8, 4) is 0 Å². The smallest absolute Gasteiger partial charge is 0.308 e. The minimum atomic E-state index is -0.785. The van der Waals surface area contributed by atoms with E-state index in [0.717, 1.165) is 0 Å². The molecule has 0 bridgehead atoms. The summed E-state index contributed by atoms with van der Waals surface area (Å²) in [6.07, 6.45) is 2.00. The molecule has 1 aromatic heterocycles. The molecule has 0 saturated carbocycles. The van der Waals surface area contributed by atoms with Crippen molar-refractivity contribution in [2.45, 2.75) is 6.42 Å². The second kappa shape index (κ2) is 3.84. The third-order valence-electron chi connectivity index (χ3n) is 2.61. The Labute approximate surface area is 86.4 Å². The van der Waals surface area contributed by atoms with E-state index in [1.165, 1.54) is 12.3 Å². The van der Waals surface area contributed by atoms with Crippen LogP contribution in [0.4, 0.5) is 10.1 Å². The molecule has 1 aliphatic rings. The molecule has 4 nitrogen and oxygen atoms in total. The number of carbonyl (C=O) groups is 1. The zero-order chi connectivity index (χ0) is 10.8. The number of nitrogens with zero attached hydrogens (tertiary/aromatic N) is 2. The average Bonchev–Trinajstić information content (AvgIpc) is 2.66. The van der Waals surface area contributed by atoms with Gasteiger partial charge in [-0.05, 0) is 12.5 Å². The van der Waals surface area contributed by atoms with E-state index in [0.29, 0.717) is 25.2 Å². The molecule has 1 fully saturated rings. The van der Waals surface area contributed by atoms with Crippen LogP contribution in [0.3, 0.4) is 0 Å². The first-order valence-electron chi connectivity index (χ1n) is 4.76. The van der Waals surface area contributed by atoms with E-state index >= 15 is 0 Å². The number of aliphatic carboxylic acids is 1. The second-order valence-electron chi connectivity index (χ2n) is 3.61. The number of aromatic nitrogens is 1. The maximum absolute atomic E-state index is 12.8. The normalized spacial score (nSPS) is 20.6. The molecule has 2 rings (SSSR count). The zero-order valence-corrected chi connectivity index (χ0v) is 8.06. The molecule has 0 amide bonds. The maximum atomic E-state index is 12.8. The van der Waals surface area contributed by atoms with Gasteiger partial charge in [-0.3, -0.25) is 4.79 Å². The average molecular weight is 210 g/mol. The molecule has 1 N–H and O–H groups in total. The summed E-state index contributed by atoms with van der Waals surface area (Å²) in [6.45, 7) is 1.10. The number of hydrogen-bond donors (Lipinski definition) is 1. The molecule has 15 heavy (non-hydrogen) atoms. The quantitative estimate of drug-likeness (QED) is 0.743. The standard InChI is InChI=1S/C10H11FN2O2/c11-9-5-8(1-3-12-9)13-4-2-7(6-13)10(14)15/h1,3,5,7H,2,4,6H2,(H,14,15)/t7-/m0/s1. The van der Waals surface area contributed by atoms with Crippen LogP contribution in [0.5, 0.6) is 0 Å². The molecule has 0 radical (unpaired) electrons. The molecule has 1 atom stereocenters. The number of halogens is 1. The van der Waals surface area contributed by atoms with Crippen LogP contribution in [0.1, 0.15) is 6.42 Å². The van der Waals surface area contributed by atoms with E-state index < -0.39 is 11.9 Å². The fourth-order valence-corrected chi connectivity index (χ4v) is 1.79. The lowest BCUT2D eigenvalue weighted by Gasteiger charge is -2.17. The monoisotopic (exact) mass is 210 g/mol. The Balaban J connectivity index is 2.11. The number of rotatable bonds is 2. The van der Waals surface area contributed by atoms with Crippen molar-refractivity contribution in [1.29, 1.82) is 0 Å².